The average Bonchev–Trinajstić information content (AvgIpc) is 2.27. The van der Waals surface area contributed by atoms with Gasteiger partial charge in [-0.15, -0.1) is 0 Å². The van der Waals surface area contributed by atoms with Crippen molar-refractivity contribution in [2.24, 2.45) is 0 Å². The van der Waals surface area contributed by atoms with Gasteiger partial charge in [-0.05, 0) is 6.92 Å². The normalized spacial score (nSPS) is 9.67. The van der Waals surface area contributed by atoms with E-state index < -0.39 is 5.97 Å². The Hall–Kier alpha value is -1.43. The monoisotopic (exact) mass is 226 g/mol. The number of carbonyl (C=O) groups is 2. The number of hydrogen-bond acceptors (Lipinski definition) is 6. The number of rotatable bonds is 4. The third-order valence-corrected chi connectivity index (χ3v) is 2.25. The SMILES string of the molecule is CCOC(=O)CSC(=O)c1cnccn1. The van der Waals surface area contributed by atoms with E-state index in [1.54, 1.807) is 6.92 Å². The maximum absolute atomic E-state index is 11.4. The third kappa shape index (κ3) is 4.07. The Bertz CT molecular complexity index is 342. The number of thioether (sulfide) groups is 1. The fraction of sp³-hybridized carbons (Fsp3) is 0.333. The molecular formula is C9H10N2O3S. The van der Waals surface area contributed by atoms with Crippen molar-refractivity contribution in [1.29, 1.82) is 0 Å². The van der Waals surface area contributed by atoms with Crippen LogP contribution in [0.5, 0.6) is 0 Å². The highest BCUT2D eigenvalue weighted by Gasteiger charge is 2.11. The summed E-state index contributed by atoms with van der Waals surface area (Å²) in [4.78, 5) is 29.9. The molecule has 1 rings (SSSR count). The number of carbonyl (C=O) groups excluding carboxylic acids is 2. The molecule has 1 heterocycles. The van der Waals surface area contributed by atoms with Crippen molar-refractivity contribution in [2.75, 3.05) is 12.4 Å². The Morgan fingerprint density at radius 3 is 2.87 bits per heavy atom. The first-order chi connectivity index (χ1) is 7.24. The molecule has 1 aromatic rings. The minimum absolute atomic E-state index is 0.00322. The summed E-state index contributed by atoms with van der Waals surface area (Å²) in [6.45, 7) is 2.03. The molecule has 0 aliphatic rings. The Labute approximate surface area is 91.3 Å². The van der Waals surface area contributed by atoms with E-state index in [2.05, 4.69) is 14.7 Å². The topological polar surface area (TPSA) is 69.2 Å². The Morgan fingerprint density at radius 1 is 1.47 bits per heavy atom. The molecule has 15 heavy (non-hydrogen) atoms. The molecule has 0 radical (unpaired) electrons. The van der Waals surface area contributed by atoms with Crippen molar-refractivity contribution in [2.45, 2.75) is 6.92 Å². The predicted octanol–water partition coefficient (Wildman–Crippen LogP) is 0.913. The van der Waals surface area contributed by atoms with Gasteiger partial charge in [-0.3, -0.25) is 14.6 Å². The van der Waals surface area contributed by atoms with Crippen LogP contribution < -0.4 is 0 Å². The minimum atomic E-state index is -0.403. The molecule has 0 aromatic carbocycles. The zero-order valence-corrected chi connectivity index (χ0v) is 8.99. The van der Waals surface area contributed by atoms with Gasteiger partial charge in [-0.25, -0.2) is 4.98 Å². The van der Waals surface area contributed by atoms with Crippen LogP contribution in [0.4, 0.5) is 0 Å². The molecule has 0 aliphatic carbocycles. The van der Waals surface area contributed by atoms with Crippen LogP contribution in [0, 0.1) is 0 Å². The molecule has 0 saturated heterocycles. The second-order valence-corrected chi connectivity index (χ2v) is 3.42. The highest BCUT2D eigenvalue weighted by Crippen LogP contribution is 2.09. The summed E-state index contributed by atoms with van der Waals surface area (Å²) in [6.07, 6.45) is 4.27. The lowest BCUT2D eigenvalue weighted by Gasteiger charge is -2.00. The number of nitrogens with zero attached hydrogens (tertiary/aromatic N) is 2. The van der Waals surface area contributed by atoms with Crippen molar-refractivity contribution in [3.05, 3.63) is 24.3 Å². The Morgan fingerprint density at radius 2 is 2.27 bits per heavy atom. The van der Waals surface area contributed by atoms with E-state index in [-0.39, 0.29) is 16.6 Å². The number of ether oxygens (including phenoxy) is 1. The second-order valence-electron chi connectivity index (χ2n) is 2.47. The summed E-state index contributed by atoms with van der Waals surface area (Å²) in [7, 11) is 0. The lowest BCUT2D eigenvalue weighted by atomic mass is 10.5. The number of esters is 1. The van der Waals surface area contributed by atoms with Gasteiger partial charge in [0.15, 0.2) is 0 Å². The third-order valence-electron chi connectivity index (χ3n) is 1.40. The molecule has 5 nitrogen and oxygen atoms in total. The fourth-order valence-corrected chi connectivity index (χ4v) is 1.39. The molecule has 0 bridgehead atoms. The molecule has 0 saturated carbocycles. The Balaban J connectivity index is 2.40. The largest absolute Gasteiger partial charge is 0.465 e. The number of hydrogen-bond donors (Lipinski definition) is 0. The van der Waals surface area contributed by atoms with Crippen LogP contribution in [0.1, 0.15) is 17.4 Å². The van der Waals surface area contributed by atoms with Gasteiger partial charge in [0.05, 0.1) is 18.6 Å². The van der Waals surface area contributed by atoms with Gasteiger partial charge in [-0.1, -0.05) is 11.8 Å². The van der Waals surface area contributed by atoms with Crippen LogP contribution in [-0.4, -0.2) is 33.4 Å². The summed E-state index contributed by atoms with van der Waals surface area (Å²) < 4.78 is 4.68. The van der Waals surface area contributed by atoms with Gasteiger partial charge in [-0.2, -0.15) is 0 Å². The van der Waals surface area contributed by atoms with E-state index >= 15 is 0 Å². The smallest absolute Gasteiger partial charge is 0.316 e. The van der Waals surface area contributed by atoms with Gasteiger partial charge >= 0.3 is 5.97 Å². The van der Waals surface area contributed by atoms with E-state index in [0.29, 0.717) is 6.61 Å². The van der Waals surface area contributed by atoms with Crippen molar-refractivity contribution in [3.63, 3.8) is 0 Å². The highest BCUT2D eigenvalue weighted by atomic mass is 32.2. The van der Waals surface area contributed by atoms with Gasteiger partial charge in [0.25, 0.3) is 0 Å². The van der Waals surface area contributed by atoms with E-state index in [0.717, 1.165) is 11.8 Å². The van der Waals surface area contributed by atoms with Crippen molar-refractivity contribution >= 4 is 22.8 Å². The maximum Gasteiger partial charge on any atom is 0.316 e. The standard InChI is InChI=1S/C9H10N2O3S/c1-2-14-8(12)6-15-9(13)7-5-10-3-4-11-7/h3-5H,2,6H2,1H3. The van der Waals surface area contributed by atoms with Crippen LogP contribution >= 0.6 is 11.8 Å². The van der Waals surface area contributed by atoms with Gasteiger partial charge in [0.2, 0.25) is 5.12 Å². The van der Waals surface area contributed by atoms with Gasteiger partial charge in [0, 0.05) is 12.4 Å². The quantitative estimate of drug-likeness (QED) is 0.711. The summed E-state index contributed by atoms with van der Waals surface area (Å²) in [5, 5.41) is -0.281. The van der Waals surface area contributed by atoms with Gasteiger partial charge < -0.3 is 4.74 Å². The van der Waals surface area contributed by atoms with Gasteiger partial charge in [0.1, 0.15) is 5.69 Å². The first-order valence-electron chi connectivity index (χ1n) is 4.32. The molecule has 0 spiro atoms. The summed E-state index contributed by atoms with van der Waals surface area (Å²) in [5.74, 6) is -0.400. The first-order valence-corrected chi connectivity index (χ1v) is 5.31. The Kier molecular flexibility index (Phi) is 4.76. The summed E-state index contributed by atoms with van der Waals surface area (Å²) >= 11 is 0.862. The molecule has 0 N–H and O–H groups in total. The van der Waals surface area contributed by atoms with Crippen molar-refractivity contribution in [1.82, 2.24) is 9.97 Å². The highest BCUT2D eigenvalue weighted by molar-refractivity contribution is 8.14. The molecule has 6 heteroatoms. The molecular weight excluding hydrogens is 216 g/mol. The van der Waals surface area contributed by atoms with E-state index in [4.69, 9.17) is 0 Å². The van der Waals surface area contributed by atoms with Crippen LogP contribution in [-0.2, 0) is 9.53 Å². The average molecular weight is 226 g/mol. The minimum Gasteiger partial charge on any atom is -0.465 e. The van der Waals surface area contributed by atoms with Crippen LogP contribution in [0.15, 0.2) is 18.6 Å². The summed E-state index contributed by atoms with van der Waals surface area (Å²) in [5.41, 5.74) is 0.242. The summed E-state index contributed by atoms with van der Waals surface area (Å²) in [6, 6.07) is 0. The maximum atomic E-state index is 11.4. The van der Waals surface area contributed by atoms with E-state index in [1.807, 2.05) is 0 Å². The number of aromatic nitrogens is 2. The van der Waals surface area contributed by atoms with Crippen molar-refractivity contribution in [3.8, 4) is 0 Å². The lowest BCUT2D eigenvalue weighted by molar-refractivity contribution is -0.139. The van der Waals surface area contributed by atoms with E-state index in [9.17, 15) is 9.59 Å². The van der Waals surface area contributed by atoms with Crippen LogP contribution in [0.2, 0.25) is 0 Å². The molecule has 80 valence electrons. The molecule has 0 amide bonds. The predicted molar refractivity (Wildman–Crippen MR) is 55.5 cm³/mol. The fourth-order valence-electron chi connectivity index (χ4n) is 0.806. The van der Waals surface area contributed by atoms with E-state index in [1.165, 1.54) is 18.6 Å². The lowest BCUT2D eigenvalue weighted by Crippen LogP contribution is -2.09. The molecule has 0 atom stereocenters. The zero-order valence-electron chi connectivity index (χ0n) is 8.17. The van der Waals surface area contributed by atoms with Crippen LogP contribution in [0.25, 0.3) is 0 Å². The molecule has 1 aromatic heterocycles. The van der Waals surface area contributed by atoms with Crippen LogP contribution in [0.3, 0.4) is 0 Å². The first kappa shape index (κ1) is 11.6. The molecule has 0 unspecified atom stereocenters. The molecule has 0 aliphatic heterocycles. The zero-order chi connectivity index (χ0) is 11.1. The van der Waals surface area contributed by atoms with Crippen molar-refractivity contribution < 1.29 is 14.3 Å². The molecule has 0 fully saturated rings. The second kappa shape index (κ2) is 6.13.